The Hall–Kier alpha value is -4.35. The molecular weight excluding hydrogens is 518 g/mol. The van der Waals surface area contributed by atoms with E-state index in [0.29, 0.717) is 56.1 Å². The monoisotopic (exact) mass is 553 g/mol. The second-order valence-electron chi connectivity index (χ2n) is 10.8. The molecule has 1 aliphatic heterocycles. The molecule has 0 saturated carbocycles. The number of aromatic amines is 2. The van der Waals surface area contributed by atoms with Gasteiger partial charge in [0.15, 0.2) is 5.82 Å². The Balaban J connectivity index is 1.21. The Kier molecular flexibility index (Phi) is 7.38. The van der Waals surface area contributed by atoms with Crippen LogP contribution in [0.25, 0.3) is 33.5 Å². The standard InChI is InChI=1S/C30H35N9O2/c1-3-31-15-22-16-32-17-24(20(22)2)21-6-7-25-23(14-21)27(37-36-25)28-33-18-26(35-28)29(40)38-11-4-8-30(41,9-13-38)19-39-12-5-10-34-39/h5-7,10,12,14,16-18,31,41H,3-4,8-9,11,13,15,19H2,1-2H3,(H,33,35)(H,36,37). The first-order chi connectivity index (χ1) is 19.9. The third-order valence-corrected chi connectivity index (χ3v) is 8.01. The molecule has 6 rings (SSSR count). The molecule has 4 N–H and O–H groups in total. The third kappa shape index (κ3) is 5.50. The molecule has 11 heteroatoms. The molecule has 0 spiro atoms. The molecule has 11 nitrogen and oxygen atoms in total. The minimum atomic E-state index is -0.897. The molecule has 1 atom stereocenters. The number of imidazole rings is 1. The summed E-state index contributed by atoms with van der Waals surface area (Å²) in [5.41, 5.74) is 5.50. The summed E-state index contributed by atoms with van der Waals surface area (Å²) in [7, 11) is 0. The van der Waals surface area contributed by atoms with Crippen LogP contribution in [0.15, 0.2) is 55.2 Å². The smallest absolute Gasteiger partial charge is 0.271 e. The number of H-pyrrole nitrogens is 2. The van der Waals surface area contributed by atoms with Crippen LogP contribution in [0.3, 0.4) is 0 Å². The topological polar surface area (TPSA) is 141 Å². The number of likely N-dealkylation sites (tertiary alicyclic amines) is 1. The largest absolute Gasteiger partial charge is 0.388 e. The number of hydrogen-bond donors (Lipinski definition) is 4. The molecule has 0 aliphatic carbocycles. The Bertz CT molecular complexity index is 1660. The summed E-state index contributed by atoms with van der Waals surface area (Å²) < 4.78 is 1.75. The van der Waals surface area contributed by atoms with Gasteiger partial charge in [0, 0.05) is 55.4 Å². The summed E-state index contributed by atoms with van der Waals surface area (Å²) in [6.07, 6.45) is 10.7. The maximum absolute atomic E-state index is 13.4. The van der Waals surface area contributed by atoms with E-state index in [9.17, 15) is 9.90 Å². The minimum absolute atomic E-state index is 0.133. The SMILES string of the molecule is CCNCc1cncc(-c2ccc3[nH]nc(-c4ncc(C(=O)N5CCCC(O)(Cn6cccn6)CC5)[nH]4)c3c2)c1C. The van der Waals surface area contributed by atoms with E-state index in [2.05, 4.69) is 61.5 Å². The lowest BCUT2D eigenvalue weighted by Gasteiger charge is -2.26. The Morgan fingerprint density at radius 3 is 2.93 bits per heavy atom. The molecule has 1 saturated heterocycles. The highest BCUT2D eigenvalue weighted by molar-refractivity contribution is 5.96. The number of benzene rings is 1. The first-order valence-electron chi connectivity index (χ1n) is 14.1. The molecule has 0 bridgehead atoms. The highest BCUT2D eigenvalue weighted by Crippen LogP contribution is 2.32. The van der Waals surface area contributed by atoms with Gasteiger partial charge in [-0.15, -0.1) is 0 Å². The first-order valence-corrected chi connectivity index (χ1v) is 14.1. The van der Waals surface area contributed by atoms with Gasteiger partial charge in [0.2, 0.25) is 0 Å². The van der Waals surface area contributed by atoms with Crippen LogP contribution in [0.1, 0.15) is 47.8 Å². The van der Waals surface area contributed by atoms with Gasteiger partial charge in [-0.25, -0.2) is 4.98 Å². The van der Waals surface area contributed by atoms with Gasteiger partial charge in [-0.3, -0.25) is 19.6 Å². The summed E-state index contributed by atoms with van der Waals surface area (Å²) in [4.78, 5) is 27.4. The molecule has 5 heterocycles. The van der Waals surface area contributed by atoms with Crippen LogP contribution in [0.5, 0.6) is 0 Å². The highest BCUT2D eigenvalue weighted by Gasteiger charge is 2.33. The summed E-state index contributed by atoms with van der Waals surface area (Å²) in [5.74, 6) is 0.393. The second kappa shape index (κ2) is 11.3. The zero-order valence-corrected chi connectivity index (χ0v) is 23.4. The maximum atomic E-state index is 13.4. The van der Waals surface area contributed by atoms with Crippen LogP contribution in [0, 0.1) is 6.92 Å². The molecule has 1 fully saturated rings. The van der Waals surface area contributed by atoms with Crippen LogP contribution in [0.2, 0.25) is 0 Å². The number of pyridine rings is 1. The van der Waals surface area contributed by atoms with Crippen molar-refractivity contribution >= 4 is 16.8 Å². The molecule has 1 aromatic carbocycles. The van der Waals surface area contributed by atoms with Gasteiger partial charge in [-0.1, -0.05) is 13.0 Å². The van der Waals surface area contributed by atoms with Gasteiger partial charge in [-0.2, -0.15) is 10.2 Å². The molecule has 1 aliphatic rings. The van der Waals surface area contributed by atoms with Gasteiger partial charge < -0.3 is 20.3 Å². The molecule has 212 valence electrons. The number of rotatable bonds is 8. The van der Waals surface area contributed by atoms with Crippen molar-refractivity contribution in [3.05, 3.63) is 72.1 Å². The van der Waals surface area contributed by atoms with E-state index in [4.69, 9.17) is 0 Å². The normalized spacial score (nSPS) is 17.7. The molecule has 5 aromatic rings. The van der Waals surface area contributed by atoms with E-state index in [-0.39, 0.29) is 5.91 Å². The first kappa shape index (κ1) is 26.9. The van der Waals surface area contributed by atoms with E-state index >= 15 is 0 Å². The lowest BCUT2D eigenvalue weighted by atomic mass is 9.95. The van der Waals surface area contributed by atoms with Gasteiger partial charge in [0.1, 0.15) is 11.4 Å². The fourth-order valence-corrected chi connectivity index (χ4v) is 5.62. The number of nitrogens with one attached hydrogen (secondary N) is 3. The van der Waals surface area contributed by atoms with E-state index in [1.165, 1.54) is 11.1 Å². The predicted molar refractivity (Wildman–Crippen MR) is 156 cm³/mol. The Morgan fingerprint density at radius 1 is 1.20 bits per heavy atom. The summed E-state index contributed by atoms with van der Waals surface area (Å²) in [5, 5.41) is 27.3. The minimum Gasteiger partial charge on any atom is -0.388 e. The van der Waals surface area contributed by atoms with Crippen molar-refractivity contribution in [3.63, 3.8) is 0 Å². The zero-order valence-electron chi connectivity index (χ0n) is 23.4. The molecule has 0 radical (unpaired) electrons. The highest BCUT2D eigenvalue weighted by atomic mass is 16.3. The Labute approximate surface area is 238 Å². The summed E-state index contributed by atoms with van der Waals surface area (Å²) in [6, 6.07) is 8.01. The van der Waals surface area contributed by atoms with Gasteiger partial charge in [0.05, 0.1) is 23.9 Å². The number of nitrogens with zero attached hydrogens (tertiary/aromatic N) is 6. The number of hydrogen-bond acceptors (Lipinski definition) is 7. The van der Waals surface area contributed by atoms with Crippen molar-refractivity contribution in [2.75, 3.05) is 19.6 Å². The van der Waals surface area contributed by atoms with Crippen LogP contribution in [-0.2, 0) is 13.1 Å². The average molecular weight is 554 g/mol. The second-order valence-corrected chi connectivity index (χ2v) is 10.8. The van der Waals surface area contributed by atoms with Gasteiger partial charge in [0.25, 0.3) is 5.91 Å². The number of carbonyl (C=O) groups excluding carboxylic acids is 1. The predicted octanol–water partition coefficient (Wildman–Crippen LogP) is 3.69. The zero-order chi connectivity index (χ0) is 28.4. The average Bonchev–Trinajstić information content (AvgIpc) is 3.73. The van der Waals surface area contributed by atoms with Crippen LogP contribution < -0.4 is 5.32 Å². The number of aliphatic hydroxyl groups is 1. The number of carbonyl (C=O) groups is 1. The molecule has 1 unspecified atom stereocenters. The fourth-order valence-electron chi connectivity index (χ4n) is 5.62. The van der Waals surface area contributed by atoms with E-state index < -0.39 is 5.60 Å². The van der Waals surface area contributed by atoms with Crippen molar-refractivity contribution in [1.82, 2.24) is 45.1 Å². The lowest BCUT2D eigenvalue weighted by Crippen LogP contribution is -2.37. The Morgan fingerprint density at radius 2 is 2.10 bits per heavy atom. The van der Waals surface area contributed by atoms with Crippen LogP contribution >= 0.6 is 0 Å². The molecule has 1 amide bonds. The van der Waals surface area contributed by atoms with E-state index in [1.54, 1.807) is 22.0 Å². The van der Waals surface area contributed by atoms with Crippen molar-refractivity contribution in [1.29, 1.82) is 0 Å². The quantitative estimate of drug-likeness (QED) is 0.230. The molecule has 41 heavy (non-hydrogen) atoms. The summed E-state index contributed by atoms with van der Waals surface area (Å²) in [6.45, 7) is 7.32. The fraction of sp³-hybridized carbons (Fsp3) is 0.367. The van der Waals surface area contributed by atoms with E-state index in [1.807, 2.05) is 30.7 Å². The number of amides is 1. The molecule has 4 aromatic heterocycles. The van der Waals surface area contributed by atoms with Gasteiger partial charge >= 0.3 is 0 Å². The number of aromatic nitrogens is 7. The third-order valence-electron chi connectivity index (χ3n) is 8.01. The molecular formula is C30H35N9O2. The van der Waals surface area contributed by atoms with Crippen LogP contribution in [-0.4, -0.2) is 76.1 Å². The summed E-state index contributed by atoms with van der Waals surface area (Å²) >= 11 is 0. The van der Waals surface area contributed by atoms with Crippen molar-refractivity contribution in [2.45, 2.75) is 51.8 Å². The van der Waals surface area contributed by atoms with Gasteiger partial charge in [-0.05, 0) is 67.6 Å². The van der Waals surface area contributed by atoms with Crippen molar-refractivity contribution < 1.29 is 9.90 Å². The maximum Gasteiger partial charge on any atom is 0.271 e. The van der Waals surface area contributed by atoms with Crippen molar-refractivity contribution in [3.8, 4) is 22.6 Å². The van der Waals surface area contributed by atoms with Crippen LogP contribution in [0.4, 0.5) is 0 Å². The number of fused-ring (bicyclic) bond motifs is 1. The lowest BCUT2D eigenvalue weighted by molar-refractivity contribution is 0.00581. The van der Waals surface area contributed by atoms with Crippen molar-refractivity contribution in [2.24, 2.45) is 0 Å². The van der Waals surface area contributed by atoms with E-state index in [0.717, 1.165) is 35.1 Å².